The molecule has 0 saturated carbocycles. The van der Waals surface area contributed by atoms with Gasteiger partial charge in [0.2, 0.25) is 5.95 Å². The van der Waals surface area contributed by atoms with Gasteiger partial charge in [-0.15, -0.1) is 0 Å². The molecular formula is C16H17N3O. The summed E-state index contributed by atoms with van der Waals surface area (Å²) < 4.78 is 7.27. The number of imidazole rings is 1. The van der Waals surface area contributed by atoms with Crippen LogP contribution in [-0.4, -0.2) is 16.7 Å². The van der Waals surface area contributed by atoms with Crippen LogP contribution < -0.4 is 10.5 Å². The average molecular weight is 267 g/mol. The fourth-order valence-electron chi connectivity index (χ4n) is 2.41. The molecule has 0 bridgehead atoms. The lowest BCUT2D eigenvalue weighted by Crippen LogP contribution is -2.03. The van der Waals surface area contributed by atoms with E-state index in [-0.39, 0.29) is 0 Å². The molecule has 0 fully saturated rings. The highest BCUT2D eigenvalue weighted by Crippen LogP contribution is 2.28. The van der Waals surface area contributed by atoms with Crippen LogP contribution in [0.4, 0.5) is 5.95 Å². The predicted molar refractivity (Wildman–Crippen MR) is 81.5 cm³/mol. The van der Waals surface area contributed by atoms with Crippen LogP contribution >= 0.6 is 0 Å². The number of hydrogen-bond donors (Lipinski definition) is 1. The van der Waals surface area contributed by atoms with Gasteiger partial charge < -0.3 is 10.5 Å². The van der Waals surface area contributed by atoms with Crippen molar-refractivity contribution in [2.45, 2.75) is 13.8 Å². The largest absolute Gasteiger partial charge is 0.497 e. The number of anilines is 1. The van der Waals surface area contributed by atoms with Crippen LogP contribution in [0.25, 0.3) is 16.7 Å². The molecule has 2 N–H and O–H groups in total. The van der Waals surface area contributed by atoms with E-state index in [1.807, 2.05) is 22.8 Å². The second kappa shape index (κ2) is 4.56. The third kappa shape index (κ3) is 1.90. The molecule has 0 atom stereocenters. The second-order valence-corrected chi connectivity index (χ2v) is 4.95. The van der Waals surface area contributed by atoms with E-state index in [2.05, 4.69) is 37.0 Å². The summed E-state index contributed by atoms with van der Waals surface area (Å²) in [5.74, 6) is 1.28. The summed E-state index contributed by atoms with van der Waals surface area (Å²) in [5, 5.41) is 0. The van der Waals surface area contributed by atoms with Gasteiger partial charge in [0.05, 0.1) is 23.8 Å². The zero-order chi connectivity index (χ0) is 14.3. The first kappa shape index (κ1) is 12.5. The van der Waals surface area contributed by atoms with Gasteiger partial charge in [0.1, 0.15) is 5.75 Å². The first-order valence-electron chi connectivity index (χ1n) is 6.50. The lowest BCUT2D eigenvalue weighted by atomic mass is 10.1. The predicted octanol–water partition coefficient (Wildman–Crippen LogP) is 3.23. The molecule has 3 aromatic rings. The summed E-state index contributed by atoms with van der Waals surface area (Å²) in [7, 11) is 1.66. The van der Waals surface area contributed by atoms with Gasteiger partial charge in [0, 0.05) is 6.07 Å². The Morgan fingerprint density at radius 1 is 1.10 bits per heavy atom. The number of nitrogens with two attached hydrogens (primary N) is 1. The molecule has 0 aliphatic carbocycles. The fourth-order valence-corrected chi connectivity index (χ4v) is 2.41. The van der Waals surface area contributed by atoms with E-state index in [1.54, 1.807) is 7.11 Å². The maximum Gasteiger partial charge on any atom is 0.205 e. The van der Waals surface area contributed by atoms with Crippen molar-refractivity contribution in [1.29, 1.82) is 0 Å². The molecule has 0 spiro atoms. The normalized spacial score (nSPS) is 10.9. The average Bonchev–Trinajstić information content (AvgIpc) is 2.76. The number of benzene rings is 2. The number of nitrogen functional groups attached to an aromatic ring is 1. The van der Waals surface area contributed by atoms with Crippen LogP contribution in [0.2, 0.25) is 0 Å². The highest BCUT2D eigenvalue weighted by atomic mass is 16.5. The highest BCUT2D eigenvalue weighted by Gasteiger charge is 2.12. The van der Waals surface area contributed by atoms with Gasteiger partial charge in [-0.25, -0.2) is 4.98 Å². The van der Waals surface area contributed by atoms with E-state index in [1.165, 1.54) is 5.56 Å². The Labute approximate surface area is 117 Å². The fraction of sp³-hybridized carbons (Fsp3) is 0.188. The van der Waals surface area contributed by atoms with Crippen LogP contribution in [0.15, 0.2) is 36.4 Å². The summed E-state index contributed by atoms with van der Waals surface area (Å²) in [6.45, 7) is 4.14. The number of methoxy groups -OCH3 is 1. The van der Waals surface area contributed by atoms with E-state index in [0.29, 0.717) is 5.95 Å². The second-order valence-electron chi connectivity index (χ2n) is 4.95. The van der Waals surface area contributed by atoms with Gasteiger partial charge in [-0.2, -0.15) is 0 Å². The molecule has 0 radical (unpaired) electrons. The molecule has 0 aliphatic rings. The first-order chi connectivity index (χ1) is 9.60. The number of aryl methyl sites for hydroxylation is 2. The van der Waals surface area contributed by atoms with E-state index in [0.717, 1.165) is 28.0 Å². The number of nitrogens with zero attached hydrogens (tertiary/aromatic N) is 2. The van der Waals surface area contributed by atoms with Crippen molar-refractivity contribution in [3.05, 3.63) is 47.5 Å². The van der Waals surface area contributed by atoms with Crippen LogP contribution in [0.3, 0.4) is 0 Å². The van der Waals surface area contributed by atoms with E-state index in [9.17, 15) is 0 Å². The summed E-state index contributed by atoms with van der Waals surface area (Å²) in [6.07, 6.45) is 0. The minimum absolute atomic E-state index is 0.488. The molecule has 4 heteroatoms. The van der Waals surface area contributed by atoms with Gasteiger partial charge in [-0.3, -0.25) is 4.57 Å². The maximum absolute atomic E-state index is 6.11. The minimum Gasteiger partial charge on any atom is -0.497 e. The zero-order valence-electron chi connectivity index (χ0n) is 11.8. The van der Waals surface area contributed by atoms with Crippen molar-refractivity contribution >= 4 is 17.0 Å². The zero-order valence-corrected chi connectivity index (χ0v) is 11.8. The third-order valence-corrected chi connectivity index (χ3v) is 3.49. The Kier molecular flexibility index (Phi) is 2.86. The van der Waals surface area contributed by atoms with Crippen LogP contribution in [0, 0.1) is 13.8 Å². The number of aromatic nitrogens is 2. The Balaban J connectivity index is 2.34. The molecular weight excluding hydrogens is 250 g/mol. The van der Waals surface area contributed by atoms with Crippen molar-refractivity contribution in [3.8, 4) is 11.4 Å². The maximum atomic E-state index is 6.11. The van der Waals surface area contributed by atoms with Crippen LogP contribution in [0.5, 0.6) is 5.75 Å². The lowest BCUT2D eigenvalue weighted by molar-refractivity contribution is 0.415. The standard InChI is InChI=1S/C16H17N3O/c1-10-4-5-11(2)14(8-10)19-15-9-12(20-3)6-7-13(15)18-16(19)17/h4-9H,1-3H3,(H2,17,18). The van der Waals surface area contributed by atoms with Gasteiger partial charge in [-0.1, -0.05) is 12.1 Å². The molecule has 1 aromatic heterocycles. The Hall–Kier alpha value is -2.49. The van der Waals surface area contributed by atoms with Crippen LogP contribution in [-0.2, 0) is 0 Å². The summed E-state index contributed by atoms with van der Waals surface area (Å²) in [4.78, 5) is 4.42. The van der Waals surface area contributed by atoms with Crippen LogP contribution in [0.1, 0.15) is 11.1 Å². The molecule has 1 heterocycles. The summed E-state index contributed by atoms with van der Waals surface area (Å²) >= 11 is 0. The van der Waals surface area contributed by atoms with Gasteiger partial charge in [-0.05, 0) is 43.2 Å². The van der Waals surface area contributed by atoms with E-state index >= 15 is 0 Å². The topological polar surface area (TPSA) is 53.1 Å². The van der Waals surface area contributed by atoms with Crippen molar-refractivity contribution in [2.24, 2.45) is 0 Å². The molecule has 0 amide bonds. The van der Waals surface area contributed by atoms with E-state index < -0.39 is 0 Å². The Morgan fingerprint density at radius 3 is 2.65 bits per heavy atom. The monoisotopic (exact) mass is 267 g/mol. The van der Waals surface area contributed by atoms with Gasteiger partial charge in [0.25, 0.3) is 0 Å². The lowest BCUT2D eigenvalue weighted by Gasteiger charge is -2.11. The molecule has 2 aromatic carbocycles. The van der Waals surface area contributed by atoms with Crippen molar-refractivity contribution in [3.63, 3.8) is 0 Å². The van der Waals surface area contributed by atoms with Crippen molar-refractivity contribution in [1.82, 2.24) is 9.55 Å². The number of ether oxygens (including phenoxy) is 1. The van der Waals surface area contributed by atoms with Gasteiger partial charge >= 0.3 is 0 Å². The molecule has 102 valence electrons. The van der Waals surface area contributed by atoms with Crippen molar-refractivity contribution < 1.29 is 4.74 Å². The quantitative estimate of drug-likeness (QED) is 0.775. The third-order valence-electron chi connectivity index (χ3n) is 3.49. The minimum atomic E-state index is 0.488. The Bertz CT molecular complexity index is 790. The number of fused-ring (bicyclic) bond motifs is 1. The molecule has 3 rings (SSSR count). The smallest absolute Gasteiger partial charge is 0.205 e. The Morgan fingerprint density at radius 2 is 1.90 bits per heavy atom. The first-order valence-corrected chi connectivity index (χ1v) is 6.50. The molecule has 0 unspecified atom stereocenters. The highest BCUT2D eigenvalue weighted by molar-refractivity contribution is 5.82. The SMILES string of the molecule is COc1ccc2nc(N)n(-c3cc(C)ccc3C)c2c1. The summed E-state index contributed by atoms with van der Waals surface area (Å²) in [5.41, 5.74) is 11.3. The number of rotatable bonds is 2. The molecule has 0 aliphatic heterocycles. The molecule has 4 nitrogen and oxygen atoms in total. The van der Waals surface area contributed by atoms with Gasteiger partial charge in [0.15, 0.2) is 0 Å². The number of hydrogen-bond acceptors (Lipinski definition) is 3. The summed E-state index contributed by atoms with van der Waals surface area (Å²) in [6, 6.07) is 12.1. The van der Waals surface area contributed by atoms with E-state index in [4.69, 9.17) is 10.5 Å². The van der Waals surface area contributed by atoms with Crippen molar-refractivity contribution in [2.75, 3.05) is 12.8 Å². The molecule has 0 saturated heterocycles. The molecule has 20 heavy (non-hydrogen) atoms.